The number of carbonyl (C=O) groups excluding carboxylic acids is 1. The van der Waals surface area contributed by atoms with Crippen LogP contribution in [0.1, 0.15) is 35.1 Å². The van der Waals surface area contributed by atoms with Crippen LogP contribution in [0.25, 0.3) is 5.65 Å². The second-order valence-corrected chi connectivity index (χ2v) is 5.92. The quantitative estimate of drug-likeness (QED) is 0.855. The average Bonchev–Trinajstić information content (AvgIpc) is 2.85. The standard InChI is InChI=1S/C15H20N4O2/c1-9-4-5-18(8-13(9)20)15(21)12-7-16-19-11(3)6-10(2)17-14(12)19/h6-7,9,13,20H,4-5,8H2,1-3H3. The van der Waals surface area contributed by atoms with Crippen LogP contribution in [0.5, 0.6) is 0 Å². The topological polar surface area (TPSA) is 70.7 Å². The molecule has 6 heteroatoms. The van der Waals surface area contributed by atoms with Crippen LogP contribution in [0.2, 0.25) is 0 Å². The molecule has 2 atom stereocenters. The van der Waals surface area contributed by atoms with E-state index in [-0.39, 0.29) is 11.8 Å². The van der Waals surface area contributed by atoms with Gasteiger partial charge in [0.15, 0.2) is 5.65 Å². The lowest BCUT2D eigenvalue weighted by atomic mass is 9.96. The van der Waals surface area contributed by atoms with E-state index in [0.29, 0.717) is 24.3 Å². The highest BCUT2D eigenvalue weighted by Crippen LogP contribution is 2.20. The minimum Gasteiger partial charge on any atom is -0.391 e. The first kappa shape index (κ1) is 14.0. The van der Waals surface area contributed by atoms with Crippen LogP contribution < -0.4 is 0 Å². The first-order valence-electron chi connectivity index (χ1n) is 7.26. The number of nitrogens with zero attached hydrogens (tertiary/aromatic N) is 4. The van der Waals surface area contributed by atoms with E-state index in [1.165, 1.54) is 0 Å². The van der Waals surface area contributed by atoms with Crippen LogP contribution in [0.15, 0.2) is 12.3 Å². The number of hydrogen-bond donors (Lipinski definition) is 1. The van der Waals surface area contributed by atoms with E-state index in [0.717, 1.165) is 17.8 Å². The first-order valence-corrected chi connectivity index (χ1v) is 7.26. The molecule has 1 aliphatic heterocycles. The molecule has 2 unspecified atom stereocenters. The molecular weight excluding hydrogens is 268 g/mol. The van der Waals surface area contributed by atoms with E-state index < -0.39 is 6.10 Å². The Morgan fingerprint density at radius 1 is 1.43 bits per heavy atom. The summed E-state index contributed by atoms with van der Waals surface area (Å²) in [5.74, 6) is 0.133. The molecule has 0 bridgehead atoms. The van der Waals surface area contributed by atoms with Crippen molar-refractivity contribution >= 4 is 11.6 Å². The van der Waals surface area contributed by atoms with Gasteiger partial charge in [0.05, 0.1) is 12.3 Å². The number of fused-ring (bicyclic) bond motifs is 1. The highest BCUT2D eigenvalue weighted by Gasteiger charge is 2.29. The van der Waals surface area contributed by atoms with Crippen molar-refractivity contribution in [3.8, 4) is 0 Å². The number of piperidine rings is 1. The SMILES string of the molecule is Cc1cc(C)n2ncc(C(=O)N3CCC(C)C(O)C3)c2n1. The van der Waals surface area contributed by atoms with Crippen LogP contribution in [-0.4, -0.2) is 49.7 Å². The maximum atomic E-state index is 12.7. The molecule has 0 aromatic carbocycles. The zero-order chi connectivity index (χ0) is 15.1. The van der Waals surface area contributed by atoms with Crippen LogP contribution in [0.3, 0.4) is 0 Å². The third-order valence-electron chi connectivity index (χ3n) is 4.21. The van der Waals surface area contributed by atoms with Crippen LogP contribution in [0, 0.1) is 19.8 Å². The van der Waals surface area contributed by atoms with Crippen molar-refractivity contribution < 1.29 is 9.90 Å². The minimum atomic E-state index is -0.457. The van der Waals surface area contributed by atoms with Crippen molar-refractivity contribution in [2.75, 3.05) is 13.1 Å². The fourth-order valence-corrected chi connectivity index (χ4v) is 2.83. The number of aromatic nitrogens is 3. The summed E-state index contributed by atoms with van der Waals surface area (Å²) in [4.78, 5) is 18.8. The molecule has 21 heavy (non-hydrogen) atoms. The van der Waals surface area contributed by atoms with Gasteiger partial charge in [-0.1, -0.05) is 6.92 Å². The predicted molar refractivity (Wildman–Crippen MR) is 78.2 cm³/mol. The first-order chi connectivity index (χ1) is 9.97. The Labute approximate surface area is 123 Å². The molecule has 1 aliphatic rings. The highest BCUT2D eigenvalue weighted by molar-refractivity contribution is 5.99. The molecule has 6 nitrogen and oxygen atoms in total. The summed E-state index contributed by atoms with van der Waals surface area (Å²) >= 11 is 0. The Morgan fingerprint density at radius 2 is 2.19 bits per heavy atom. The van der Waals surface area contributed by atoms with E-state index >= 15 is 0 Å². The number of carbonyl (C=O) groups is 1. The monoisotopic (exact) mass is 288 g/mol. The Kier molecular flexibility index (Phi) is 3.41. The number of likely N-dealkylation sites (tertiary alicyclic amines) is 1. The van der Waals surface area contributed by atoms with E-state index in [9.17, 15) is 9.90 Å². The van der Waals surface area contributed by atoms with Crippen molar-refractivity contribution in [3.63, 3.8) is 0 Å². The Balaban J connectivity index is 1.95. The van der Waals surface area contributed by atoms with Crippen LogP contribution >= 0.6 is 0 Å². The van der Waals surface area contributed by atoms with Gasteiger partial charge in [-0.15, -0.1) is 0 Å². The van der Waals surface area contributed by atoms with Crippen LogP contribution in [-0.2, 0) is 0 Å². The number of amides is 1. The fourth-order valence-electron chi connectivity index (χ4n) is 2.83. The molecule has 3 heterocycles. The Bertz CT molecular complexity index is 694. The molecular formula is C15H20N4O2. The maximum absolute atomic E-state index is 12.7. The lowest BCUT2D eigenvalue weighted by Gasteiger charge is -2.34. The van der Waals surface area contributed by atoms with Gasteiger partial charge in [0.2, 0.25) is 0 Å². The second kappa shape index (κ2) is 5.11. The molecule has 0 aliphatic carbocycles. The Morgan fingerprint density at radius 3 is 2.90 bits per heavy atom. The summed E-state index contributed by atoms with van der Waals surface area (Å²) in [5.41, 5.74) is 2.90. The average molecular weight is 288 g/mol. The summed E-state index contributed by atoms with van der Waals surface area (Å²) in [6, 6.07) is 1.93. The van der Waals surface area contributed by atoms with Gasteiger partial charge >= 0.3 is 0 Å². The minimum absolute atomic E-state index is 0.103. The number of aliphatic hydroxyl groups is 1. The molecule has 1 fully saturated rings. The summed E-state index contributed by atoms with van der Waals surface area (Å²) < 4.78 is 1.68. The molecule has 0 radical (unpaired) electrons. The number of rotatable bonds is 1. The Hall–Kier alpha value is -1.95. The normalized spacial score (nSPS) is 22.8. The molecule has 0 spiro atoms. The predicted octanol–water partition coefficient (Wildman–Crippen LogP) is 1.19. The fraction of sp³-hybridized carbons (Fsp3) is 0.533. The van der Waals surface area contributed by atoms with Crippen molar-refractivity contribution in [3.05, 3.63) is 29.2 Å². The van der Waals surface area contributed by atoms with Gasteiger partial charge in [0.1, 0.15) is 5.56 Å². The van der Waals surface area contributed by atoms with Gasteiger partial charge in [0.25, 0.3) is 5.91 Å². The molecule has 112 valence electrons. The number of hydrogen-bond acceptors (Lipinski definition) is 4. The molecule has 0 saturated carbocycles. The van der Waals surface area contributed by atoms with Crippen molar-refractivity contribution in [2.24, 2.45) is 5.92 Å². The summed E-state index contributed by atoms with van der Waals surface area (Å²) in [7, 11) is 0. The smallest absolute Gasteiger partial charge is 0.259 e. The van der Waals surface area contributed by atoms with E-state index in [1.54, 1.807) is 15.6 Å². The number of aliphatic hydroxyl groups excluding tert-OH is 1. The van der Waals surface area contributed by atoms with Gasteiger partial charge < -0.3 is 10.0 Å². The van der Waals surface area contributed by atoms with Gasteiger partial charge in [-0.05, 0) is 32.3 Å². The zero-order valence-electron chi connectivity index (χ0n) is 12.6. The largest absolute Gasteiger partial charge is 0.391 e. The summed E-state index contributed by atoms with van der Waals surface area (Å²) in [6.45, 7) is 6.90. The maximum Gasteiger partial charge on any atom is 0.259 e. The zero-order valence-corrected chi connectivity index (χ0v) is 12.6. The summed E-state index contributed by atoms with van der Waals surface area (Å²) in [6.07, 6.45) is 1.93. The van der Waals surface area contributed by atoms with Crippen molar-refractivity contribution in [2.45, 2.75) is 33.3 Å². The van der Waals surface area contributed by atoms with Gasteiger partial charge in [0, 0.05) is 24.5 Å². The molecule has 3 rings (SSSR count). The molecule has 1 N–H and O–H groups in total. The third kappa shape index (κ3) is 2.40. The molecule has 1 saturated heterocycles. The summed E-state index contributed by atoms with van der Waals surface area (Å²) in [5, 5.41) is 14.2. The number of β-amino-alcohol motifs (C(OH)–C–C–N with tert-alkyl or cyclic N) is 1. The van der Waals surface area contributed by atoms with Crippen molar-refractivity contribution in [1.29, 1.82) is 0 Å². The third-order valence-corrected chi connectivity index (χ3v) is 4.21. The molecule has 1 amide bonds. The van der Waals surface area contributed by atoms with Gasteiger partial charge in [-0.2, -0.15) is 5.10 Å². The molecule has 2 aromatic heterocycles. The lowest BCUT2D eigenvalue weighted by molar-refractivity contribution is 0.0249. The number of aryl methyl sites for hydroxylation is 2. The van der Waals surface area contributed by atoms with Crippen molar-refractivity contribution in [1.82, 2.24) is 19.5 Å². The van der Waals surface area contributed by atoms with E-state index in [4.69, 9.17) is 0 Å². The lowest BCUT2D eigenvalue weighted by Crippen LogP contribution is -2.45. The van der Waals surface area contributed by atoms with E-state index in [1.807, 2.05) is 26.8 Å². The van der Waals surface area contributed by atoms with E-state index in [2.05, 4.69) is 10.1 Å². The van der Waals surface area contributed by atoms with Gasteiger partial charge in [-0.3, -0.25) is 4.79 Å². The molecule has 2 aromatic rings. The highest BCUT2D eigenvalue weighted by atomic mass is 16.3. The van der Waals surface area contributed by atoms with Crippen LogP contribution in [0.4, 0.5) is 0 Å². The van der Waals surface area contributed by atoms with Gasteiger partial charge in [-0.25, -0.2) is 9.50 Å². The second-order valence-electron chi connectivity index (χ2n) is 5.92.